The lowest BCUT2D eigenvalue weighted by molar-refractivity contribution is -0.00702. The molecule has 0 aromatic heterocycles. The maximum absolute atomic E-state index is 13.3. The number of fused-ring (bicyclic) bond motifs is 3. The van der Waals surface area contributed by atoms with Crippen molar-refractivity contribution in [3.05, 3.63) is 64.7 Å². The highest BCUT2D eigenvalue weighted by Gasteiger charge is 2.32. The highest BCUT2D eigenvalue weighted by Crippen LogP contribution is 2.28. The highest BCUT2D eigenvalue weighted by atomic mass is 35.5. The zero-order chi connectivity index (χ0) is 22.3. The molecule has 0 unspecified atom stereocenters. The Kier molecular flexibility index (Phi) is 8.06. The van der Waals surface area contributed by atoms with Crippen molar-refractivity contribution in [2.45, 2.75) is 38.3 Å². The number of carbonyl (C=O) groups is 1. The molecule has 172 valence electrons. The van der Waals surface area contributed by atoms with Crippen LogP contribution in [0, 0.1) is 5.92 Å². The van der Waals surface area contributed by atoms with Gasteiger partial charge in [0.05, 0.1) is 11.7 Å². The summed E-state index contributed by atoms with van der Waals surface area (Å²) >= 11 is 6.42. The number of benzene rings is 2. The summed E-state index contributed by atoms with van der Waals surface area (Å²) in [5, 5.41) is 0.800. The summed E-state index contributed by atoms with van der Waals surface area (Å²) in [7, 11) is 1.79. The molecule has 0 spiro atoms. The Morgan fingerprint density at radius 3 is 2.69 bits per heavy atom. The van der Waals surface area contributed by atoms with Crippen molar-refractivity contribution in [2.75, 3.05) is 39.9 Å². The van der Waals surface area contributed by atoms with Gasteiger partial charge < -0.3 is 14.4 Å². The van der Waals surface area contributed by atoms with Crippen LogP contribution in [-0.2, 0) is 11.3 Å². The van der Waals surface area contributed by atoms with Gasteiger partial charge >= 0.3 is 0 Å². The SMILES string of the molecule is CO[C@@H]1CCN2C[C@@H]1CCCCN(Cc1ccccc1Cl)CCOc1ccccc1C2=O. The van der Waals surface area contributed by atoms with Gasteiger partial charge in [-0.3, -0.25) is 9.69 Å². The minimum atomic E-state index is 0.0603. The zero-order valence-corrected chi connectivity index (χ0v) is 19.6. The average Bonchev–Trinajstić information content (AvgIpc) is 2.82. The maximum atomic E-state index is 13.3. The molecule has 1 amide bonds. The molecule has 1 fully saturated rings. The lowest BCUT2D eigenvalue weighted by Gasteiger charge is -2.38. The van der Waals surface area contributed by atoms with Gasteiger partial charge in [-0.25, -0.2) is 0 Å². The third kappa shape index (κ3) is 5.64. The van der Waals surface area contributed by atoms with Crippen LogP contribution in [-0.4, -0.2) is 61.7 Å². The minimum Gasteiger partial charge on any atom is -0.491 e. The first-order valence-corrected chi connectivity index (χ1v) is 12.0. The second-order valence-corrected chi connectivity index (χ2v) is 9.19. The van der Waals surface area contributed by atoms with Crippen molar-refractivity contribution in [1.29, 1.82) is 0 Å². The van der Waals surface area contributed by atoms with Crippen LogP contribution >= 0.6 is 11.6 Å². The number of ether oxygens (including phenoxy) is 2. The summed E-state index contributed by atoms with van der Waals surface area (Å²) in [6.45, 7) is 4.57. The molecule has 2 heterocycles. The average molecular weight is 457 g/mol. The van der Waals surface area contributed by atoms with Crippen LogP contribution in [0.25, 0.3) is 0 Å². The Balaban J connectivity index is 1.54. The molecule has 2 bridgehead atoms. The number of carbonyl (C=O) groups excluding carboxylic acids is 1. The number of para-hydroxylation sites is 1. The van der Waals surface area contributed by atoms with Crippen LogP contribution in [0.15, 0.2) is 48.5 Å². The van der Waals surface area contributed by atoms with Crippen LogP contribution in [0.5, 0.6) is 5.75 Å². The van der Waals surface area contributed by atoms with Gasteiger partial charge in [0.1, 0.15) is 12.4 Å². The first kappa shape index (κ1) is 23.1. The molecular formula is C26H33ClN2O3. The third-order valence-corrected chi connectivity index (χ3v) is 7.06. The predicted molar refractivity (Wildman–Crippen MR) is 127 cm³/mol. The van der Waals surface area contributed by atoms with E-state index in [-0.39, 0.29) is 12.0 Å². The number of nitrogens with zero attached hydrogens (tertiary/aromatic N) is 2. The molecule has 5 nitrogen and oxygen atoms in total. The fourth-order valence-corrected chi connectivity index (χ4v) is 5.08. The van der Waals surface area contributed by atoms with Gasteiger partial charge in [-0.2, -0.15) is 0 Å². The molecule has 2 aliphatic rings. The Morgan fingerprint density at radius 1 is 1.03 bits per heavy atom. The molecule has 1 saturated heterocycles. The Bertz CT molecular complexity index is 906. The van der Waals surface area contributed by atoms with E-state index in [1.807, 2.05) is 47.4 Å². The van der Waals surface area contributed by atoms with E-state index < -0.39 is 0 Å². The molecular weight excluding hydrogens is 424 g/mol. The van der Waals surface area contributed by atoms with Crippen LogP contribution in [0.2, 0.25) is 5.02 Å². The van der Waals surface area contributed by atoms with E-state index >= 15 is 0 Å². The largest absolute Gasteiger partial charge is 0.491 e. The molecule has 0 aliphatic carbocycles. The minimum absolute atomic E-state index is 0.0603. The third-order valence-electron chi connectivity index (χ3n) is 6.69. The van der Waals surface area contributed by atoms with Gasteiger partial charge in [-0.15, -0.1) is 0 Å². The number of hydrogen-bond acceptors (Lipinski definition) is 4. The summed E-state index contributed by atoms with van der Waals surface area (Å²) in [5.74, 6) is 1.09. The zero-order valence-electron chi connectivity index (χ0n) is 18.8. The normalized spacial score (nSPS) is 23.2. The summed E-state index contributed by atoms with van der Waals surface area (Å²) < 4.78 is 11.9. The second kappa shape index (κ2) is 11.2. The van der Waals surface area contributed by atoms with Gasteiger partial charge in [0.2, 0.25) is 0 Å². The number of amides is 1. The highest BCUT2D eigenvalue weighted by molar-refractivity contribution is 6.31. The van der Waals surface area contributed by atoms with Gasteiger partial charge in [0.15, 0.2) is 0 Å². The standard InChI is InChI=1S/C26H33ClN2O3/c1-31-24-13-15-29-19-21(24)9-6-7-14-28(18-20-8-2-4-11-23(20)27)16-17-32-25-12-5-3-10-22(25)26(29)30/h2-5,8,10-12,21,24H,6-7,9,13-19H2,1H3/t21-,24+/m0/s1. The monoisotopic (exact) mass is 456 g/mol. The smallest absolute Gasteiger partial charge is 0.257 e. The molecule has 32 heavy (non-hydrogen) atoms. The van der Waals surface area contributed by atoms with E-state index in [2.05, 4.69) is 11.0 Å². The number of methoxy groups -OCH3 is 1. The van der Waals surface area contributed by atoms with Crippen LogP contribution in [0.3, 0.4) is 0 Å². The predicted octanol–water partition coefficient (Wildman–Crippen LogP) is 4.88. The van der Waals surface area contributed by atoms with Crippen LogP contribution in [0.4, 0.5) is 0 Å². The number of halogens is 1. The number of piperidine rings is 1. The lowest BCUT2D eigenvalue weighted by atomic mass is 9.89. The van der Waals surface area contributed by atoms with Gasteiger partial charge in [0.25, 0.3) is 5.91 Å². The summed E-state index contributed by atoms with van der Waals surface area (Å²) in [5.41, 5.74) is 1.78. The van der Waals surface area contributed by atoms with Crippen LogP contribution in [0.1, 0.15) is 41.6 Å². The summed E-state index contributed by atoms with van der Waals surface area (Å²) in [6.07, 6.45) is 4.39. The van der Waals surface area contributed by atoms with Gasteiger partial charge in [0, 0.05) is 44.2 Å². The van der Waals surface area contributed by atoms with Crippen molar-refractivity contribution >= 4 is 17.5 Å². The molecule has 4 rings (SSSR count). The van der Waals surface area contributed by atoms with Crippen molar-refractivity contribution in [3.8, 4) is 5.75 Å². The van der Waals surface area contributed by atoms with E-state index in [1.54, 1.807) is 7.11 Å². The lowest BCUT2D eigenvalue weighted by Crippen LogP contribution is -2.46. The van der Waals surface area contributed by atoms with Crippen molar-refractivity contribution in [2.24, 2.45) is 5.92 Å². The second-order valence-electron chi connectivity index (χ2n) is 8.78. The molecule has 6 heteroatoms. The van der Waals surface area contributed by atoms with E-state index in [9.17, 15) is 4.79 Å². The van der Waals surface area contributed by atoms with Crippen LogP contribution < -0.4 is 4.74 Å². The van der Waals surface area contributed by atoms with Crippen molar-refractivity contribution < 1.29 is 14.3 Å². The molecule has 0 saturated carbocycles. The van der Waals surface area contributed by atoms with E-state index in [0.29, 0.717) is 23.8 Å². The Labute approximate surface area is 196 Å². The van der Waals surface area contributed by atoms with Gasteiger partial charge in [-0.1, -0.05) is 48.4 Å². The van der Waals surface area contributed by atoms with E-state index in [1.165, 1.54) is 0 Å². The fourth-order valence-electron chi connectivity index (χ4n) is 4.89. The summed E-state index contributed by atoms with van der Waals surface area (Å²) in [6, 6.07) is 15.6. The first-order chi connectivity index (χ1) is 15.7. The quantitative estimate of drug-likeness (QED) is 0.660. The molecule has 2 aliphatic heterocycles. The topological polar surface area (TPSA) is 42.0 Å². The molecule has 2 aromatic carbocycles. The van der Waals surface area contributed by atoms with Crippen molar-refractivity contribution in [1.82, 2.24) is 9.80 Å². The number of rotatable bonds is 3. The summed E-state index contributed by atoms with van der Waals surface area (Å²) in [4.78, 5) is 17.7. The fraction of sp³-hybridized carbons (Fsp3) is 0.500. The van der Waals surface area contributed by atoms with Gasteiger partial charge in [-0.05, 0) is 49.6 Å². The van der Waals surface area contributed by atoms with Crippen molar-refractivity contribution in [3.63, 3.8) is 0 Å². The molecule has 2 atom stereocenters. The molecule has 0 radical (unpaired) electrons. The van der Waals surface area contributed by atoms with E-state index in [4.69, 9.17) is 21.1 Å². The van der Waals surface area contributed by atoms with E-state index in [0.717, 1.165) is 69.0 Å². The molecule has 0 N–H and O–H groups in total. The number of hydrogen-bond donors (Lipinski definition) is 0. The Morgan fingerprint density at radius 2 is 1.84 bits per heavy atom. The molecule has 2 aromatic rings. The Hall–Kier alpha value is -2.08. The maximum Gasteiger partial charge on any atom is 0.257 e. The first-order valence-electron chi connectivity index (χ1n) is 11.7.